The van der Waals surface area contributed by atoms with E-state index in [0.29, 0.717) is 26.2 Å². The number of rotatable bonds is 13. The first-order valence-corrected chi connectivity index (χ1v) is 7.78. The van der Waals surface area contributed by atoms with Gasteiger partial charge in [0, 0.05) is 26.2 Å². The average Bonchev–Trinajstić information content (AvgIpc) is 2.48. The second kappa shape index (κ2) is 12.5. The number of likely N-dealkylation sites (N-methyl/N-ethyl adjacent to an activating group) is 2. The van der Waals surface area contributed by atoms with Crippen LogP contribution in [0.1, 0.15) is 26.7 Å². The molecule has 0 aromatic heterocycles. The highest BCUT2D eigenvalue weighted by atomic mass is 16.3. The second-order valence-electron chi connectivity index (χ2n) is 5.27. The fraction of sp³-hybridized carbons (Fsp3) is 1.00. The third-order valence-electron chi connectivity index (χ3n) is 3.58. The molecular formula is C14H34N4O2. The normalized spacial score (nSPS) is 15.0. The lowest BCUT2D eigenvalue weighted by Crippen LogP contribution is -2.38. The monoisotopic (exact) mass is 290 g/mol. The number of unbranched alkanes of at least 4 members (excludes halogenated alkanes) is 1. The van der Waals surface area contributed by atoms with Gasteiger partial charge in [0.2, 0.25) is 0 Å². The Morgan fingerprint density at radius 1 is 0.800 bits per heavy atom. The molecule has 6 nitrogen and oxygen atoms in total. The summed E-state index contributed by atoms with van der Waals surface area (Å²) < 4.78 is 0. The van der Waals surface area contributed by atoms with E-state index in [1.54, 1.807) is 0 Å². The van der Waals surface area contributed by atoms with Crippen molar-refractivity contribution in [3.05, 3.63) is 0 Å². The van der Waals surface area contributed by atoms with Gasteiger partial charge < -0.3 is 31.5 Å². The van der Waals surface area contributed by atoms with Crippen molar-refractivity contribution in [1.29, 1.82) is 0 Å². The molecule has 0 aliphatic carbocycles. The summed E-state index contributed by atoms with van der Waals surface area (Å²) in [6.45, 7) is 9.94. The topological polar surface area (TPSA) is 99.0 Å². The van der Waals surface area contributed by atoms with Crippen molar-refractivity contribution in [3.63, 3.8) is 0 Å². The zero-order chi connectivity index (χ0) is 15.4. The first-order valence-electron chi connectivity index (χ1n) is 7.78. The van der Waals surface area contributed by atoms with Crippen LogP contribution < -0.4 is 11.5 Å². The van der Waals surface area contributed by atoms with Crippen molar-refractivity contribution in [2.45, 2.75) is 38.9 Å². The van der Waals surface area contributed by atoms with Crippen LogP contribution in [0.15, 0.2) is 0 Å². The smallest absolute Gasteiger partial charge is 0.0789 e. The molecule has 6 heteroatoms. The highest BCUT2D eigenvalue weighted by molar-refractivity contribution is 4.66. The van der Waals surface area contributed by atoms with Crippen LogP contribution in [-0.4, -0.2) is 84.6 Å². The minimum absolute atomic E-state index is 0.317. The van der Waals surface area contributed by atoms with E-state index in [2.05, 4.69) is 23.6 Å². The summed E-state index contributed by atoms with van der Waals surface area (Å²) in [4.78, 5) is 4.45. The average molecular weight is 290 g/mol. The molecule has 0 saturated heterocycles. The molecule has 0 aromatic carbocycles. The van der Waals surface area contributed by atoms with Crippen molar-refractivity contribution >= 4 is 0 Å². The van der Waals surface area contributed by atoms with Gasteiger partial charge in [-0.25, -0.2) is 0 Å². The zero-order valence-corrected chi connectivity index (χ0v) is 13.2. The fourth-order valence-electron chi connectivity index (χ4n) is 2.17. The lowest BCUT2D eigenvalue weighted by atomic mass is 10.2. The molecule has 2 unspecified atom stereocenters. The van der Waals surface area contributed by atoms with Gasteiger partial charge in [0.15, 0.2) is 0 Å². The molecule has 0 saturated carbocycles. The molecule has 0 rings (SSSR count). The van der Waals surface area contributed by atoms with Crippen LogP contribution in [0, 0.1) is 0 Å². The third kappa shape index (κ3) is 9.63. The fourth-order valence-corrected chi connectivity index (χ4v) is 2.17. The number of nitrogens with zero attached hydrogens (tertiary/aromatic N) is 2. The largest absolute Gasteiger partial charge is 0.390 e. The van der Waals surface area contributed by atoms with E-state index in [0.717, 1.165) is 39.0 Å². The van der Waals surface area contributed by atoms with Crippen molar-refractivity contribution < 1.29 is 10.2 Å². The summed E-state index contributed by atoms with van der Waals surface area (Å²) >= 11 is 0. The molecule has 20 heavy (non-hydrogen) atoms. The maximum atomic E-state index is 9.55. The highest BCUT2D eigenvalue weighted by Crippen LogP contribution is 2.01. The van der Waals surface area contributed by atoms with Crippen LogP contribution in [-0.2, 0) is 0 Å². The molecule has 0 aromatic rings. The molecule has 122 valence electrons. The van der Waals surface area contributed by atoms with Gasteiger partial charge in [0.05, 0.1) is 12.2 Å². The molecule has 6 N–H and O–H groups in total. The molecule has 0 heterocycles. The molecule has 0 aliphatic rings. The van der Waals surface area contributed by atoms with E-state index in [9.17, 15) is 10.2 Å². The second-order valence-corrected chi connectivity index (χ2v) is 5.27. The Kier molecular flexibility index (Phi) is 12.3. The summed E-state index contributed by atoms with van der Waals surface area (Å²) in [7, 11) is 0. The molecule has 0 radical (unpaired) electrons. The minimum atomic E-state index is -0.429. The molecular weight excluding hydrogens is 256 g/mol. The maximum Gasteiger partial charge on any atom is 0.0789 e. The van der Waals surface area contributed by atoms with Crippen LogP contribution in [0.2, 0.25) is 0 Å². The predicted octanol–water partition coefficient (Wildman–Crippen LogP) is -0.950. The van der Waals surface area contributed by atoms with Crippen molar-refractivity contribution in [1.82, 2.24) is 9.80 Å². The summed E-state index contributed by atoms with van der Waals surface area (Å²) in [5.41, 5.74) is 10.9. The molecule has 0 amide bonds. The van der Waals surface area contributed by atoms with E-state index in [1.165, 1.54) is 0 Å². The van der Waals surface area contributed by atoms with Crippen LogP contribution in [0.3, 0.4) is 0 Å². The number of nitrogens with two attached hydrogens (primary N) is 2. The van der Waals surface area contributed by atoms with Crippen LogP contribution >= 0.6 is 0 Å². The Balaban J connectivity index is 3.80. The minimum Gasteiger partial charge on any atom is -0.390 e. The van der Waals surface area contributed by atoms with E-state index in [-0.39, 0.29) is 0 Å². The standard InChI is InChI=1S/C14H34N4O2/c1-3-17(11-13(19)9-15)7-5-6-8-18(4-2)12-14(20)10-16/h13-14,19-20H,3-12,15-16H2,1-2H3. The van der Waals surface area contributed by atoms with E-state index < -0.39 is 12.2 Å². The van der Waals surface area contributed by atoms with Gasteiger partial charge in [0.25, 0.3) is 0 Å². The first-order chi connectivity index (χ1) is 9.57. The Morgan fingerprint density at radius 2 is 1.15 bits per heavy atom. The lowest BCUT2D eigenvalue weighted by Gasteiger charge is -2.25. The van der Waals surface area contributed by atoms with Gasteiger partial charge in [-0.15, -0.1) is 0 Å². The van der Waals surface area contributed by atoms with Gasteiger partial charge >= 0.3 is 0 Å². The lowest BCUT2D eigenvalue weighted by molar-refractivity contribution is 0.112. The summed E-state index contributed by atoms with van der Waals surface area (Å²) in [5, 5.41) is 19.1. The number of hydrogen-bond donors (Lipinski definition) is 4. The quantitative estimate of drug-likeness (QED) is 0.326. The number of hydrogen-bond acceptors (Lipinski definition) is 6. The zero-order valence-electron chi connectivity index (χ0n) is 13.2. The Morgan fingerprint density at radius 3 is 1.40 bits per heavy atom. The van der Waals surface area contributed by atoms with Crippen molar-refractivity contribution in [2.75, 3.05) is 52.4 Å². The van der Waals surface area contributed by atoms with Crippen molar-refractivity contribution in [2.24, 2.45) is 11.5 Å². The molecule has 0 bridgehead atoms. The number of aliphatic hydroxyl groups is 2. The maximum absolute atomic E-state index is 9.55. The van der Waals surface area contributed by atoms with E-state index in [4.69, 9.17) is 11.5 Å². The van der Waals surface area contributed by atoms with Gasteiger partial charge in [-0.05, 0) is 39.0 Å². The van der Waals surface area contributed by atoms with Crippen LogP contribution in [0.5, 0.6) is 0 Å². The third-order valence-corrected chi connectivity index (χ3v) is 3.58. The Hall–Kier alpha value is -0.240. The van der Waals surface area contributed by atoms with Crippen LogP contribution in [0.4, 0.5) is 0 Å². The van der Waals surface area contributed by atoms with Gasteiger partial charge in [-0.2, -0.15) is 0 Å². The van der Waals surface area contributed by atoms with E-state index in [1.807, 2.05) is 0 Å². The summed E-state index contributed by atoms with van der Waals surface area (Å²) in [6.07, 6.45) is 1.31. The highest BCUT2D eigenvalue weighted by Gasteiger charge is 2.10. The first kappa shape index (κ1) is 19.8. The Labute approximate surface area is 123 Å². The molecule has 0 fully saturated rings. The van der Waals surface area contributed by atoms with Crippen molar-refractivity contribution in [3.8, 4) is 0 Å². The van der Waals surface area contributed by atoms with E-state index >= 15 is 0 Å². The molecule has 0 spiro atoms. The van der Waals surface area contributed by atoms with Gasteiger partial charge in [-0.1, -0.05) is 13.8 Å². The van der Waals surface area contributed by atoms with Crippen LogP contribution in [0.25, 0.3) is 0 Å². The Bertz CT molecular complexity index is 197. The molecule has 2 atom stereocenters. The predicted molar refractivity (Wildman–Crippen MR) is 83.6 cm³/mol. The van der Waals surface area contributed by atoms with Gasteiger partial charge in [-0.3, -0.25) is 0 Å². The number of aliphatic hydroxyl groups excluding tert-OH is 2. The summed E-state index contributed by atoms with van der Waals surface area (Å²) in [5.74, 6) is 0. The summed E-state index contributed by atoms with van der Waals surface area (Å²) in [6, 6.07) is 0. The van der Waals surface area contributed by atoms with Gasteiger partial charge in [0.1, 0.15) is 0 Å². The molecule has 0 aliphatic heterocycles. The SMILES string of the molecule is CCN(CCCCN(CC)CC(O)CN)CC(O)CN.